The molecule has 0 radical (unpaired) electrons. The van der Waals surface area contributed by atoms with E-state index in [-0.39, 0.29) is 12.1 Å². The second-order valence-corrected chi connectivity index (χ2v) is 8.44. The zero-order chi connectivity index (χ0) is 23.5. The molecule has 0 aliphatic carbocycles. The lowest BCUT2D eigenvalue weighted by molar-refractivity contribution is 0.194. The number of fused-ring (bicyclic) bond motifs is 3. The number of carbonyl (C=O) groups is 1. The molecule has 1 N–H and O–H groups in total. The van der Waals surface area contributed by atoms with Gasteiger partial charge in [-0.15, -0.1) is 0 Å². The summed E-state index contributed by atoms with van der Waals surface area (Å²) in [5, 5.41) is 3.11. The van der Waals surface area contributed by atoms with Gasteiger partial charge in [0.05, 0.1) is 24.9 Å². The first-order valence-electron chi connectivity index (χ1n) is 11.8. The Morgan fingerprint density at radius 3 is 2.44 bits per heavy atom. The van der Waals surface area contributed by atoms with Crippen molar-refractivity contribution in [3.63, 3.8) is 0 Å². The van der Waals surface area contributed by atoms with Gasteiger partial charge in [-0.05, 0) is 72.5 Å². The second-order valence-electron chi connectivity index (χ2n) is 8.44. The fourth-order valence-electron chi connectivity index (χ4n) is 4.62. The van der Waals surface area contributed by atoms with Gasteiger partial charge < -0.3 is 19.5 Å². The summed E-state index contributed by atoms with van der Waals surface area (Å²) in [6, 6.07) is 28.2. The van der Waals surface area contributed by atoms with E-state index in [9.17, 15) is 4.79 Å². The van der Waals surface area contributed by atoms with E-state index in [2.05, 4.69) is 65.5 Å². The number of para-hydroxylation sites is 1. The van der Waals surface area contributed by atoms with Crippen molar-refractivity contribution >= 4 is 11.7 Å². The third-order valence-corrected chi connectivity index (χ3v) is 6.35. The number of aromatic nitrogens is 1. The van der Waals surface area contributed by atoms with Gasteiger partial charge >= 0.3 is 6.03 Å². The molecule has 0 saturated heterocycles. The predicted molar refractivity (Wildman–Crippen MR) is 136 cm³/mol. The summed E-state index contributed by atoms with van der Waals surface area (Å²) in [6.45, 7) is 5.22. The number of aryl methyl sites for hydroxylation is 1. The molecule has 4 aromatic rings. The Hall–Kier alpha value is -3.99. The first-order valence-corrected chi connectivity index (χ1v) is 11.8. The van der Waals surface area contributed by atoms with Gasteiger partial charge in [-0.25, -0.2) is 4.79 Å². The maximum Gasteiger partial charge on any atom is 0.322 e. The Balaban J connectivity index is 1.55. The molecule has 2 heterocycles. The molecule has 1 unspecified atom stereocenters. The van der Waals surface area contributed by atoms with Crippen LogP contribution in [-0.2, 0) is 13.0 Å². The van der Waals surface area contributed by atoms with Crippen molar-refractivity contribution in [2.24, 2.45) is 0 Å². The number of ether oxygens (including phenoxy) is 1. The summed E-state index contributed by atoms with van der Waals surface area (Å²) in [5.74, 6) is 0.788. The van der Waals surface area contributed by atoms with E-state index in [1.54, 1.807) is 0 Å². The van der Waals surface area contributed by atoms with E-state index in [4.69, 9.17) is 4.74 Å². The van der Waals surface area contributed by atoms with Crippen LogP contribution >= 0.6 is 0 Å². The largest absolute Gasteiger partial charge is 0.494 e. The average molecular weight is 452 g/mol. The zero-order valence-corrected chi connectivity index (χ0v) is 19.6. The third-order valence-electron chi connectivity index (χ3n) is 6.35. The molecular formula is C29H29N3O2. The minimum absolute atomic E-state index is 0.141. The first kappa shape index (κ1) is 21.8. The average Bonchev–Trinajstić information content (AvgIpc) is 3.30. The van der Waals surface area contributed by atoms with Crippen LogP contribution in [0.4, 0.5) is 10.5 Å². The Morgan fingerprint density at radius 1 is 0.941 bits per heavy atom. The summed E-state index contributed by atoms with van der Waals surface area (Å²) >= 11 is 0. The molecule has 34 heavy (non-hydrogen) atoms. The van der Waals surface area contributed by atoms with Crippen LogP contribution in [0.25, 0.3) is 5.69 Å². The first-order chi connectivity index (χ1) is 16.7. The summed E-state index contributed by atoms with van der Waals surface area (Å²) in [4.78, 5) is 15.7. The van der Waals surface area contributed by atoms with Gasteiger partial charge in [0.1, 0.15) is 5.75 Å². The number of amides is 2. The molecule has 0 saturated carbocycles. The van der Waals surface area contributed by atoms with E-state index < -0.39 is 0 Å². The molecule has 1 atom stereocenters. The Bertz CT molecular complexity index is 1280. The van der Waals surface area contributed by atoms with Crippen LogP contribution < -0.4 is 10.1 Å². The van der Waals surface area contributed by atoms with E-state index >= 15 is 0 Å². The number of nitrogens with one attached hydrogen (secondary N) is 1. The normalized spacial score (nSPS) is 14.6. The summed E-state index contributed by atoms with van der Waals surface area (Å²) < 4.78 is 7.74. The predicted octanol–water partition coefficient (Wildman–Crippen LogP) is 6.58. The van der Waals surface area contributed by atoms with Crippen LogP contribution in [0.3, 0.4) is 0 Å². The molecule has 1 aliphatic heterocycles. The van der Waals surface area contributed by atoms with Crippen LogP contribution in [0.1, 0.15) is 42.3 Å². The standard InChI is InChI=1S/C29H29N3O2/c1-3-21-11-13-22(14-12-21)28-27-10-7-19-31(27)26-9-6-5-8-23(26)20-32(28)29(33)30-24-15-17-25(18-16-24)34-4-2/h5-19,28H,3-4,20H2,1-2H3,(H,30,33). The number of carbonyl (C=O) groups excluding carboxylic acids is 1. The van der Waals surface area contributed by atoms with E-state index in [0.717, 1.165) is 40.4 Å². The number of nitrogens with zero attached hydrogens (tertiary/aromatic N) is 2. The molecule has 1 aliphatic rings. The molecule has 1 aromatic heterocycles. The van der Waals surface area contributed by atoms with Crippen molar-refractivity contribution < 1.29 is 9.53 Å². The number of anilines is 1. The molecule has 5 rings (SSSR count). The zero-order valence-electron chi connectivity index (χ0n) is 19.6. The SMILES string of the molecule is CCOc1ccc(NC(=O)N2Cc3ccccc3-n3cccc3C2c2ccc(CC)cc2)cc1. The van der Waals surface area contributed by atoms with Crippen molar-refractivity contribution in [1.29, 1.82) is 0 Å². The fraction of sp³-hybridized carbons (Fsp3) is 0.207. The van der Waals surface area contributed by atoms with Crippen molar-refractivity contribution in [3.05, 3.63) is 114 Å². The smallest absolute Gasteiger partial charge is 0.322 e. The van der Waals surface area contributed by atoms with Gasteiger partial charge in [0.15, 0.2) is 0 Å². The number of benzene rings is 3. The lowest BCUT2D eigenvalue weighted by Gasteiger charge is -2.31. The molecule has 2 amide bonds. The van der Waals surface area contributed by atoms with Crippen molar-refractivity contribution in [2.45, 2.75) is 32.9 Å². The minimum atomic E-state index is -0.226. The van der Waals surface area contributed by atoms with Gasteiger partial charge in [-0.3, -0.25) is 0 Å². The van der Waals surface area contributed by atoms with Crippen LogP contribution in [0.5, 0.6) is 5.75 Å². The lowest BCUT2D eigenvalue weighted by atomic mass is 10.00. The van der Waals surface area contributed by atoms with Gasteiger partial charge in [0.2, 0.25) is 0 Å². The van der Waals surface area contributed by atoms with Crippen LogP contribution in [0.2, 0.25) is 0 Å². The molecule has 3 aromatic carbocycles. The summed E-state index contributed by atoms with van der Waals surface area (Å²) in [6.07, 6.45) is 3.06. The molecule has 5 heteroatoms. The maximum atomic E-state index is 13.8. The minimum Gasteiger partial charge on any atom is -0.494 e. The van der Waals surface area contributed by atoms with E-state index in [1.807, 2.05) is 54.3 Å². The Kier molecular flexibility index (Phi) is 6.09. The molecule has 0 bridgehead atoms. The highest BCUT2D eigenvalue weighted by Crippen LogP contribution is 2.37. The Morgan fingerprint density at radius 2 is 1.71 bits per heavy atom. The molecular weight excluding hydrogens is 422 g/mol. The third kappa shape index (κ3) is 4.17. The Labute approximate surface area is 200 Å². The molecule has 0 spiro atoms. The highest BCUT2D eigenvalue weighted by atomic mass is 16.5. The number of rotatable bonds is 5. The van der Waals surface area contributed by atoms with E-state index in [1.165, 1.54) is 5.56 Å². The fourth-order valence-corrected chi connectivity index (χ4v) is 4.62. The van der Waals surface area contributed by atoms with Crippen molar-refractivity contribution in [2.75, 3.05) is 11.9 Å². The molecule has 5 nitrogen and oxygen atoms in total. The number of hydrogen-bond acceptors (Lipinski definition) is 2. The lowest BCUT2D eigenvalue weighted by Crippen LogP contribution is -2.37. The highest BCUT2D eigenvalue weighted by molar-refractivity contribution is 5.90. The number of hydrogen-bond donors (Lipinski definition) is 1. The van der Waals surface area contributed by atoms with Gasteiger partial charge in [0.25, 0.3) is 0 Å². The van der Waals surface area contributed by atoms with Crippen molar-refractivity contribution in [1.82, 2.24) is 9.47 Å². The van der Waals surface area contributed by atoms with E-state index in [0.29, 0.717) is 13.2 Å². The molecule has 172 valence electrons. The van der Waals surface area contributed by atoms with Gasteiger partial charge in [0, 0.05) is 17.6 Å². The summed E-state index contributed by atoms with van der Waals surface area (Å²) in [5.41, 5.74) is 6.38. The molecule has 0 fully saturated rings. The number of urea groups is 1. The quantitative estimate of drug-likeness (QED) is 0.373. The second kappa shape index (κ2) is 9.48. The van der Waals surface area contributed by atoms with Gasteiger partial charge in [-0.1, -0.05) is 49.4 Å². The van der Waals surface area contributed by atoms with Crippen LogP contribution in [0.15, 0.2) is 91.1 Å². The van der Waals surface area contributed by atoms with Gasteiger partial charge in [-0.2, -0.15) is 0 Å². The van der Waals surface area contributed by atoms with Crippen LogP contribution in [0, 0.1) is 0 Å². The maximum absolute atomic E-state index is 13.8. The summed E-state index contributed by atoms with van der Waals surface area (Å²) in [7, 11) is 0. The van der Waals surface area contributed by atoms with Crippen molar-refractivity contribution in [3.8, 4) is 11.4 Å². The van der Waals surface area contributed by atoms with Crippen LogP contribution in [-0.4, -0.2) is 22.1 Å². The monoisotopic (exact) mass is 451 g/mol. The highest BCUT2D eigenvalue weighted by Gasteiger charge is 2.33. The topological polar surface area (TPSA) is 46.5 Å².